The number of rotatable bonds is 2. The fourth-order valence-electron chi connectivity index (χ4n) is 1.98. The van der Waals surface area contributed by atoms with E-state index < -0.39 is 21.0 Å². The first kappa shape index (κ1) is 13.9. The number of benzene rings is 1. The Morgan fingerprint density at radius 1 is 1.16 bits per heavy atom. The van der Waals surface area contributed by atoms with Gasteiger partial charge >= 0.3 is 15.6 Å². The fourth-order valence-corrected chi connectivity index (χ4v) is 2.45. The zero-order valence-electron chi connectivity index (χ0n) is 10.2. The normalized spacial score (nSPS) is 17.8. The van der Waals surface area contributed by atoms with Crippen LogP contribution in [0.25, 0.3) is 5.76 Å². The molecule has 1 aromatic rings. The van der Waals surface area contributed by atoms with Crippen LogP contribution in [0.5, 0.6) is 0 Å². The molecule has 104 valence electrons. The molecule has 3 nitrogen and oxygen atoms in total. The largest absolute Gasteiger partial charge is 0.534 e. The van der Waals surface area contributed by atoms with Gasteiger partial charge in [-0.25, -0.2) is 0 Å². The Labute approximate surface area is 108 Å². The van der Waals surface area contributed by atoms with Gasteiger partial charge in [0.15, 0.2) is 0 Å². The first-order chi connectivity index (χ1) is 8.55. The second-order valence-electron chi connectivity index (χ2n) is 4.76. The van der Waals surface area contributed by atoms with Gasteiger partial charge in [0.1, 0.15) is 5.76 Å². The second-order valence-corrected chi connectivity index (χ2v) is 6.30. The maximum Gasteiger partial charge on any atom is 0.534 e. The van der Waals surface area contributed by atoms with Gasteiger partial charge in [0.05, 0.1) is 0 Å². The van der Waals surface area contributed by atoms with Crippen LogP contribution in [0.3, 0.4) is 0 Å². The van der Waals surface area contributed by atoms with E-state index in [1.54, 1.807) is 32.0 Å². The monoisotopic (exact) mass is 292 g/mol. The molecular formula is C12H11F3O3S. The first-order valence-electron chi connectivity index (χ1n) is 5.38. The molecule has 0 unspecified atom stereocenters. The van der Waals surface area contributed by atoms with Gasteiger partial charge in [0, 0.05) is 11.0 Å². The van der Waals surface area contributed by atoms with Crippen LogP contribution in [0.1, 0.15) is 25.0 Å². The highest BCUT2D eigenvalue weighted by Gasteiger charge is 2.49. The summed E-state index contributed by atoms with van der Waals surface area (Å²) in [6, 6.07) is 6.59. The third-order valence-corrected chi connectivity index (χ3v) is 3.83. The lowest BCUT2D eigenvalue weighted by Gasteiger charge is -2.16. The molecule has 0 radical (unpaired) electrons. The van der Waals surface area contributed by atoms with E-state index in [0.717, 1.165) is 5.56 Å². The van der Waals surface area contributed by atoms with Crippen molar-refractivity contribution >= 4 is 15.9 Å². The summed E-state index contributed by atoms with van der Waals surface area (Å²) >= 11 is 0. The SMILES string of the molecule is CC1(C)C=C(OS(=O)(=O)C(F)(F)F)c2ccccc21. The molecule has 0 atom stereocenters. The van der Waals surface area contributed by atoms with Crippen LogP contribution >= 0.6 is 0 Å². The van der Waals surface area contributed by atoms with Crippen LogP contribution in [0.4, 0.5) is 13.2 Å². The molecule has 0 aromatic heterocycles. The van der Waals surface area contributed by atoms with Crippen molar-refractivity contribution < 1.29 is 25.8 Å². The summed E-state index contributed by atoms with van der Waals surface area (Å²) in [6.07, 6.45) is 1.38. The Morgan fingerprint density at radius 3 is 2.32 bits per heavy atom. The lowest BCUT2D eigenvalue weighted by Crippen LogP contribution is -2.24. The van der Waals surface area contributed by atoms with Crippen LogP contribution in [-0.4, -0.2) is 13.9 Å². The van der Waals surface area contributed by atoms with Crippen molar-refractivity contribution in [2.75, 3.05) is 0 Å². The summed E-state index contributed by atoms with van der Waals surface area (Å²) in [7, 11) is -5.64. The van der Waals surface area contributed by atoms with Crippen molar-refractivity contribution in [2.24, 2.45) is 0 Å². The summed E-state index contributed by atoms with van der Waals surface area (Å²) in [5.74, 6) is -0.280. The number of hydrogen-bond acceptors (Lipinski definition) is 3. The molecule has 0 bridgehead atoms. The van der Waals surface area contributed by atoms with Gasteiger partial charge < -0.3 is 4.18 Å². The minimum Gasteiger partial charge on any atom is -0.376 e. The first-order valence-corrected chi connectivity index (χ1v) is 6.79. The maximum atomic E-state index is 12.3. The minimum atomic E-state index is -5.64. The molecule has 0 aliphatic heterocycles. The topological polar surface area (TPSA) is 43.4 Å². The molecule has 1 aliphatic rings. The van der Waals surface area contributed by atoms with Gasteiger partial charge in [-0.15, -0.1) is 0 Å². The number of halogens is 3. The van der Waals surface area contributed by atoms with E-state index in [4.69, 9.17) is 0 Å². The number of fused-ring (bicyclic) bond motifs is 1. The summed E-state index contributed by atoms with van der Waals surface area (Å²) in [5.41, 5.74) is -4.93. The number of allylic oxidation sites excluding steroid dienone is 1. The number of hydrogen-bond donors (Lipinski definition) is 0. The third-order valence-electron chi connectivity index (χ3n) is 2.86. The van der Waals surface area contributed by atoms with Gasteiger partial charge in [-0.05, 0) is 11.6 Å². The molecular weight excluding hydrogens is 281 g/mol. The van der Waals surface area contributed by atoms with Crippen LogP contribution in [0, 0.1) is 0 Å². The van der Waals surface area contributed by atoms with E-state index in [0.29, 0.717) is 5.56 Å². The highest BCUT2D eigenvalue weighted by Crippen LogP contribution is 2.42. The molecule has 19 heavy (non-hydrogen) atoms. The highest BCUT2D eigenvalue weighted by atomic mass is 32.2. The smallest absolute Gasteiger partial charge is 0.376 e. The van der Waals surface area contributed by atoms with Gasteiger partial charge in [0.25, 0.3) is 0 Å². The lowest BCUT2D eigenvalue weighted by molar-refractivity contribution is -0.0509. The average Bonchev–Trinajstić information content (AvgIpc) is 2.49. The van der Waals surface area contributed by atoms with Crippen LogP contribution in [-0.2, 0) is 19.7 Å². The Bertz CT molecular complexity index is 642. The molecule has 0 heterocycles. The molecule has 7 heteroatoms. The Balaban J connectivity index is 2.45. The lowest BCUT2D eigenvalue weighted by atomic mass is 9.87. The Kier molecular flexibility index (Phi) is 2.93. The molecule has 2 rings (SSSR count). The second kappa shape index (κ2) is 4.00. The van der Waals surface area contributed by atoms with E-state index in [1.807, 2.05) is 0 Å². The highest BCUT2D eigenvalue weighted by molar-refractivity contribution is 7.87. The van der Waals surface area contributed by atoms with Crippen molar-refractivity contribution in [3.8, 4) is 0 Å². The quantitative estimate of drug-likeness (QED) is 0.621. The van der Waals surface area contributed by atoms with Gasteiger partial charge in [0.2, 0.25) is 0 Å². The minimum absolute atomic E-state index is 0.280. The van der Waals surface area contributed by atoms with Gasteiger partial charge in [-0.3, -0.25) is 0 Å². The molecule has 0 saturated carbocycles. The summed E-state index contributed by atoms with van der Waals surface area (Å²) in [4.78, 5) is 0. The molecule has 0 spiro atoms. The van der Waals surface area contributed by atoms with E-state index in [2.05, 4.69) is 4.18 Å². The van der Waals surface area contributed by atoms with E-state index in [-0.39, 0.29) is 5.76 Å². The standard InChI is InChI=1S/C12H11F3O3S/c1-11(2)7-10(8-5-3-4-6-9(8)11)18-19(16,17)12(13,14)15/h3-7H,1-2H3. The predicted octanol–water partition coefficient (Wildman–Crippen LogP) is 3.18. The molecule has 0 fully saturated rings. The zero-order valence-corrected chi connectivity index (χ0v) is 11.0. The average molecular weight is 292 g/mol. The van der Waals surface area contributed by atoms with Crippen molar-refractivity contribution in [1.82, 2.24) is 0 Å². The van der Waals surface area contributed by atoms with E-state index in [1.165, 1.54) is 12.1 Å². The Morgan fingerprint density at radius 2 is 1.74 bits per heavy atom. The molecule has 0 N–H and O–H groups in total. The van der Waals surface area contributed by atoms with E-state index in [9.17, 15) is 21.6 Å². The van der Waals surface area contributed by atoms with Crippen molar-refractivity contribution in [3.05, 3.63) is 41.5 Å². The Hall–Kier alpha value is -1.50. The van der Waals surface area contributed by atoms with Gasteiger partial charge in [-0.2, -0.15) is 21.6 Å². The molecule has 0 saturated heterocycles. The molecule has 1 aromatic carbocycles. The fraction of sp³-hybridized carbons (Fsp3) is 0.333. The van der Waals surface area contributed by atoms with Crippen molar-refractivity contribution in [3.63, 3.8) is 0 Å². The number of alkyl halides is 3. The molecule has 0 amide bonds. The summed E-state index contributed by atoms with van der Waals surface area (Å²) in [5, 5.41) is 0. The summed E-state index contributed by atoms with van der Waals surface area (Å²) < 4.78 is 63.3. The molecule has 1 aliphatic carbocycles. The third kappa shape index (κ3) is 2.34. The maximum absolute atomic E-state index is 12.3. The zero-order chi connectivity index (χ0) is 14.5. The van der Waals surface area contributed by atoms with Crippen molar-refractivity contribution in [1.29, 1.82) is 0 Å². The van der Waals surface area contributed by atoms with E-state index >= 15 is 0 Å². The van der Waals surface area contributed by atoms with Crippen LogP contribution in [0.15, 0.2) is 30.3 Å². The predicted molar refractivity (Wildman–Crippen MR) is 63.5 cm³/mol. The summed E-state index contributed by atoms with van der Waals surface area (Å²) in [6.45, 7) is 3.53. The van der Waals surface area contributed by atoms with Gasteiger partial charge in [-0.1, -0.05) is 38.1 Å². The van der Waals surface area contributed by atoms with Crippen molar-refractivity contribution in [2.45, 2.75) is 24.8 Å². The van der Waals surface area contributed by atoms with Crippen LogP contribution in [0.2, 0.25) is 0 Å². The van der Waals surface area contributed by atoms with Crippen LogP contribution < -0.4 is 0 Å².